The van der Waals surface area contributed by atoms with E-state index in [1.165, 1.54) is 0 Å². The van der Waals surface area contributed by atoms with Crippen LogP contribution in [0.1, 0.15) is 6.42 Å². The van der Waals surface area contributed by atoms with Crippen LogP contribution in [0.3, 0.4) is 0 Å². The Hall–Kier alpha value is -1.76. The molecule has 0 bridgehead atoms. The number of hydrogen-bond donors (Lipinski definition) is 2. The van der Waals surface area contributed by atoms with Crippen LogP contribution in [0.15, 0.2) is 16.6 Å². The number of amides is 1. The maximum absolute atomic E-state index is 11.9. The molecule has 1 fully saturated rings. The van der Waals surface area contributed by atoms with Gasteiger partial charge in [-0.25, -0.2) is 0 Å². The third kappa shape index (κ3) is 2.45. The number of carbonyl (C=O) groups excluding carboxylic acids is 1. The van der Waals surface area contributed by atoms with Crippen LogP contribution in [0.4, 0.5) is 5.69 Å². The van der Waals surface area contributed by atoms with Gasteiger partial charge in [0.25, 0.3) is 0 Å². The molecule has 3 rings (SSSR count). The molecular weight excluding hydrogens is 330 g/mol. The zero-order valence-corrected chi connectivity index (χ0v) is 12.0. The average molecular weight is 342 g/mol. The van der Waals surface area contributed by atoms with Gasteiger partial charge in [-0.2, -0.15) is 0 Å². The summed E-state index contributed by atoms with van der Waals surface area (Å²) < 4.78 is 11.5. The van der Waals surface area contributed by atoms with Crippen molar-refractivity contribution in [2.24, 2.45) is 11.8 Å². The van der Waals surface area contributed by atoms with Crippen molar-refractivity contribution in [2.45, 2.75) is 6.42 Å². The van der Waals surface area contributed by atoms with E-state index in [1.54, 1.807) is 12.1 Å². The van der Waals surface area contributed by atoms with Crippen LogP contribution in [-0.4, -0.2) is 30.2 Å². The largest absolute Gasteiger partial charge is 0.486 e. The molecule has 0 unspecified atom stereocenters. The molecule has 1 amide bonds. The highest BCUT2D eigenvalue weighted by molar-refractivity contribution is 9.10. The number of anilines is 1. The minimum absolute atomic E-state index is 0.283. The summed E-state index contributed by atoms with van der Waals surface area (Å²) in [5.74, 6) is -1.03. The smallest absolute Gasteiger partial charge is 0.307 e. The van der Waals surface area contributed by atoms with E-state index >= 15 is 0 Å². The Labute approximate surface area is 123 Å². The molecule has 1 aliphatic heterocycles. The summed E-state index contributed by atoms with van der Waals surface area (Å²) in [6.45, 7) is 0.958. The van der Waals surface area contributed by atoms with Crippen LogP contribution in [0, 0.1) is 11.8 Å². The van der Waals surface area contributed by atoms with E-state index in [1.807, 2.05) is 0 Å². The molecule has 0 radical (unpaired) electrons. The SMILES string of the molecule is O=C(O)[C@H]1C[C@H]1C(=O)Nc1cc2c(cc1Br)OCCO2. The molecule has 6 nitrogen and oxygen atoms in total. The summed E-state index contributed by atoms with van der Waals surface area (Å²) in [5.41, 5.74) is 0.551. The van der Waals surface area contributed by atoms with Crippen LogP contribution in [0.25, 0.3) is 0 Å². The van der Waals surface area contributed by atoms with Crippen molar-refractivity contribution in [2.75, 3.05) is 18.5 Å². The maximum Gasteiger partial charge on any atom is 0.307 e. The number of hydrogen-bond acceptors (Lipinski definition) is 4. The molecule has 1 aliphatic carbocycles. The lowest BCUT2D eigenvalue weighted by molar-refractivity contribution is -0.139. The van der Waals surface area contributed by atoms with E-state index in [2.05, 4.69) is 21.2 Å². The molecule has 7 heteroatoms. The van der Waals surface area contributed by atoms with Gasteiger partial charge in [0.1, 0.15) is 13.2 Å². The van der Waals surface area contributed by atoms with E-state index in [-0.39, 0.29) is 5.91 Å². The second-order valence-corrected chi connectivity index (χ2v) is 5.61. The van der Waals surface area contributed by atoms with Gasteiger partial charge in [-0.1, -0.05) is 0 Å². The first-order chi connectivity index (χ1) is 9.56. The number of halogens is 1. The third-order valence-electron chi connectivity index (χ3n) is 3.33. The Morgan fingerprint density at radius 1 is 1.20 bits per heavy atom. The number of nitrogens with one attached hydrogen (secondary N) is 1. The number of carboxylic acids is 1. The van der Waals surface area contributed by atoms with Gasteiger partial charge in [0.2, 0.25) is 5.91 Å². The van der Waals surface area contributed by atoms with Crippen molar-refractivity contribution in [1.82, 2.24) is 0 Å². The van der Waals surface area contributed by atoms with E-state index < -0.39 is 17.8 Å². The molecule has 2 N–H and O–H groups in total. The van der Waals surface area contributed by atoms with Crippen LogP contribution >= 0.6 is 15.9 Å². The maximum atomic E-state index is 11.9. The standard InChI is InChI=1S/C13H12BrNO5/c14-8-4-10-11(20-2-1-19-10)5-9(8)15-12(16)6-3-7(6)13(17)18/h4-7H,1-3H2,(H,15,16)(H,17,18)/t6-,7+/m1/s1. The van der Waals surface area contributed by atoms with Crippen molar-refractivity contribution >= 4 is 33.5 Å². The topological polar surface area (TPSA) is 84.9 Å². The summed E-state index contributed by atoms with van der Waals surface area (Å²) in [5, 5.41) is 11.5. The average Bonchev–Trinajstić information content (AvgIpc) is 3.20. The van der Waals surface area contributed by atoms with E-state index in [0.717, 1.165) is 0 Å². The lowest BCUT2D eigenvalue weighted by Gasteiger charge is -2.20. The molecular formula is C13H12BrNO5. The lowest BCUT2D eigenvalue weighted by atomic mass is 10.2. The Morgan fingerprint density at radius 2 is 1.85 bits per heavy atom. The number of aliphatic carboxylic acids is 1. The normalized spacial score (nSPS) is 23.1. The minimum Gasteiger partial charge on any atom is -0.486 e. The first kappa shape index (κ1) is 13.2. The molecule has 106 valence electrons. The van der Waals surface area contributed by atoms with Gasteiger partial charge in [-0.05, 0) is 22.4 Å². The second-order valence-electron chi connectivity index (χ2n) is 4.75. The molecule has 0 aromatic heterocycles. The minimum atomic E-state index is -0.925. The van der Waals surface area contributed by atoms with Crippen LogP contribution in [0.2, 0.25) is 0 Å². The number of rotatable bonds is 3. The highest BCUT2D eigenvalue weighted by atomic mass is 79.9. The highest BCUT2D eigenvalue weighted by Gasteiger charge is 2.48. The number of fused-ring (bicyclic) bond motifs is 1. The van der Waals surface area contributed by atoms with E-state index in [9.17, 15) is 9.59 Å². The number of carbonyl (C=O) groups is 2. The molecule has 2 atom stereocenters. The van der Waals surface area contributed by atoms with Gasteiger partial charge in [-0.3, -0.25) is 9.59 Å². The number of ether oxygens (including phenoxy) is 2. The molecule has 20 heavy (non-hydrogen) atoms. The fourth-order valence-electron chi connectivity index (χ4n) is 2.14. The predicted octanol–water partition coefficient (Wildman–Crippen LogP) is 1.88. The summed E-state index contributed by atoms with van der Waals surface area (Å²) in [4.78, 5) is 22.7. The Bertz CT molecular complexity index is 588. The zero-order valence-electron chi connectivity index (χ0n) is 10.4. The molecule has 1 heterocycles. The second kappa shape index (κ2) is 4.97. The molecule has 0 saturated heterocycles. The lowest BCUT2D eigenvalue weighted by Crippen LogP contribution is -2.18. The summed E-state index contributed by atoms with van der Waals surface area (Å²) in [6, 6.07) is 3.40. The van der Waals surface area contributed by atoms with Gasteiger partial charge in [-0.15, -0.1) is 0 Å². The van der Waals surface area contributed by atoms with Crippen molar-refractivity contribution in [1.29, 1.82) is 0 Å². The summed E-state index contributed by atoms with van der Waals surface area (Å²) in [6.07, 6.45) is 0.392. The van der Waals surface area contributed by atoms with E-state index in [4.69, 9.17) is 14.6 Å². The van der Waals surface area contributed by atoms with Gasteiger partial charge < -0.3 is 19.9 Å². The monoisotopic (exact) mass is 341 g/mol. The fraction of sp³-hybridized carbons (Fsp3) is 0.385. The van der Waals surface area contributed by atoms with Crippen molar-refractivity contribution in [3.8, 4) is 11.5 Å². The van der Waals surface area contributed by atoms with Gasteiger partial charge in [0.15, 0.2) is 11.5 Å². The van der Waals surface area contributed by atoms with Gasteiger partial charge in [0, 0.05) is 16.6 Å². The van der Waals surface area contributed by atoms with Crippen LogP contribution < -0.4 is 14.8 Å². The van der Waals surface area contributed by atoms with E-state index in [0.29, 0.717) is 41.3 Å². The zero-order chi connectivity index (χ0) is 14.3. The van der Waals surface area contributed by atoms with Crippen molar-refractivity contribution < 1.29 is 24.2 Å². The molecule has 0 spiro atoms. The Balaban J connectivity index is 1.74. The number of benzene rings is 1. The molecule has 2 aliphatic rings. The Morgan fingerprint density at radius 3 is 2.45 bits per heavy atom. The summed E-state index contributed by atoms with van der Waals surface area (Å²) >= 11 is 3.35. The van der Waals surface area contributed by atoms with Crippen LogP contribution in [0.5, 0.6) is 11.5 Å². The summed E-state index contributed by atoms with van der Waals surface area (Å²) in [7, 11) is 0. The first-order valence-corrected chi connectivity index (χ1v) is 6.98. The van der Waals surface area contributed by atoms with Crippen molar-refractivity contribution in [3.63, 3.8) is 0 Å². The number of carboxylic acid groups (broad SMARTS) is 1. The van der Waals surface area contributed by atoms with Crippen molar-refractivity contribution in [3.05, 3.63) is 16.6 Å². The van der Waals surface area contributed by atoms with Gasteiger partial charge >= 0.3 is 5.97 Å². The first-order valence-electron chi connectivity index (χ1n) is 6.19. The molecule has 1 saturated carbocycles. The molecule has 1 aromatic rings. The predicted molar refractivity (Wildman–Crippen MR) is 73.0 cm³/mol. The van der Waals surface area contributed by atoms with Crippen LogP contribution in [-0.2, 0) is 9.59 Å². The molecule has 1 aromatic carbocycles. The third-order valence-corrected chi connectivity index (χ3v) is 3.99. The highest BCUT2D eigenvalue weighted by Crippen LogP contribution is 2.42. The fourth-order valence-corrected chi connectivity index (χ4v) is 2.56. The Kier molecular flexibility index (Phi) is 3.29. The quantitative estimate of drug-likeness (QED) is 0.876. The van der Waals surface area contributed by atoms with Gasteiger partial charge in [0.05, 0.1) is 17.5 Å².